The third-order valence-corrected chi connectivity index (χ3v) is 10.3. The number of nitrogens with one attached hydrogen (secondary N) is 2. The number of hydrazine groups is 1. The predicted molar refractivity (Wildman–Crippen MR) is 179 cm³/mol. The van der Waals surface area contributed by atoms with Gasteiger partial charge in [0.05, 0.1) is 31.3 Å². The van der Waals surface area contributed by atoms with Crippen molar-refractivity contribution >= 4 is 52.2 Å². The highest BCUT2D eigenvalue weighted by molar-refractivity contribution is 8.00. The van der Waals surface area contributed by atoms with E-state index in [0.29, 0.717) is 24.5 Å². The van der Waals surface area contributed by atoms with E-state index in [1.807, 2.05) is 18.2 Å². The fourth-order valence-electron chi connectivity index (χ4n) is 5.62. The fourth-order valence-corrected chi connectivity index (χ4v) is 7.47. The molecule has 2 aliphatic rings. The van der Waals surface area contributed by atoms with E-state index in [0.717, 1.165) is 28.5 Å². The number of nitrogens with zero attached hydrogens (tertiary/aromatic N) is 2. The molecule has 0 bridgehead atoms. The van der Waals surface area contributed by atoms with Crippen molar-refractivity contribution in [1.29, 1.82) is 0 Å². The minimum atomic E-state index is -4.39. The van der Waals surface area contributed by atoms with E-state index in [1.165, 1.54) is 48.4 Å². The average Bonchev–Trinajstić information content (AvgIpc) is 3.57. The standard InChI is InChI=1S/C34H31F5N4O4S2/c1-20(33(45,17-43-19-40-18-41-43)29-11-6-25(35)14-30(29)36)48-28-15-46-32(47-16-28)24-5-3-21-12-23(4-2-22(21)13-24)31(44)42-26-7-9-27(10-8-26)49-34(37,38)39/h2-14,18,20,28,32,45H,15-17,19H2,1H3,(H,40,41)(H,42,44). The van der Waals surface area contributed by atoms with Gasteiger partial charge in [-0.2, -0.15) is 18.2 Å². The summed E-state index contributed by atoms with van der Waals surface area (Å²) in [5.74, 6) is -1.98. The van der Waals surface area contributed by atoms with E-state index in [4.69, 9.17) is 9.47 Å². The molecule has 0 radical (unpaired) electrons. The first-order valence-electron chi connectivity index (χ1n) is 15.1. The van der Waals surface area contributed by atoms with Crippen LogP contribution >= 0.6 is 23.5 Å². The van der Waals surface area contributed by atoms with E-state index in [1.54, 1.807) is 30.1 Å². The molecule has 0 saturated carbocycles. The van der Waals surface area contributed by atoms with Gasteiger partial charge >= 0.3 is 5.51 Å². The molecule has 3 N–H and O–H groups in total. The zero-order chi connectivity index (χ0) is 34.8. The van der Waals surface area contributed by atoms with Crippen LogP contribution in [0.3, 0.4) is 0 Å². The second kappa shape index (κ2) is 14.6. The Labute approximate surface area is 287 Å². The lowest BCUT2D eigenvalue weighted by molar-refractivity contribution is -0.180. The first-order valence-corrected chi connectivity index (χ1v) is 16.9. The van der Waals surface area contributed by atoms with Gasteiger partial charge in [0.1, 0.15) is 23.9 Å². The number of rotatable bonds is 10. The van der Waals surface area contributed by atoms with E-state index in [9.17, 15) is 31.9 Å². The largest absolute Gasteiger partial charge is 0.446 e. The molecule has 6 rings (SSSR count). The Hall–Kier alpha value is -3.73. The van der Waals surface area contributed by atoms with Crippen molar-refractivity contribution < 1.29 is 41.3 Å². The number of hydrogen-bond donors (Lipinski definition) is 3. The first kappa shape index (κ1) is 35.1. The maximum absolute atomic E-state index is 14.9. The lowest BCUT2D eigenvalue weighted by Gasteiger charge is -2.39. The SMILES string of the molecule is CC(SC1COC(c2ccc3cc(C(=O)Nc4ccc(SC(F)(F)F)cc4)ccc3c2)OC1)C(O)(CN1CN=CN1)c1ccc(F)cc1F. The maximum Gasteiger partial charge on any atom is 0.446 e. The van der Waals surface area contributed by atoms with E-state index >= 15 is 0 Å². The molecule has 2 unspecified atom stereocenters. The number of halogens is 5. The summed E-state index contributed by atoms with van der Waals surface area (Å²) >= 11 is 1.16. The molecule has 4 aromatic carbocycles. The lowest BCUT2D eigenvalue weighted by atomic mass is 9.89. The zero-order valence-electron chi connectivity index (χ0n) is 25.9. The fraction of sp³-hybridized carbons (Fsp3) is 0.294. The number of β-amino-alcohol motifs (C(OH)–C–C–N with tert-alkyl or cyclic N) is 1. The number of alkyl halides is 3. The van der Waals surface area contributed by atoms with Gasteiger partial charge in [-0.25, -0.2) is 8.78 Å². The normalized spacial score (nSPS) is 20.1. The molecular weight excluding hydrogens is 688 g/mol. The summed E-state index contributed by atoms with van der Waals surface area (Å²) in [6.07, 6.45) is 0.831. The number of thioether (sulfide) groups is 2. The van der Waals surface area contributed by atoms with Crippen LogP contribution in [0.1, 0.15) is 34.7 Å². The second-order valence-corrected chi connectivity index (χ2v) is 14.4. The summed E-state index contributed by atoms with van der Waals surface area (Å²) < 4.78 is 78.5. The van der Waals surface area contributed by atoms with Gasteiger partial charge in [0.25, 0.3) is 5.91 Å². The van der Waals surface area contributed by atoms with Crippen molar-refractivity contribution in [2.45, 2.75) is 39.7 Å². The summed E-state index contributed by atoms with van der Waals surface area (Å²) in [5, 5.41) is 17.1. The molecule has 2 atom stereocenters. The van der Waals surface area contributed by atoms with Crippen molar-refractivity contribution in [3.05, 3.63) is 107 Å². The van der Waals surface area contributed by atoms with Crippen molar-refractivity contribution in [3.63, 3.8) is 0 Å². The molecule has 1 fully saturated rings. The Morgan fingerprint density at radius 1 is 1.02 bits per heavy atom. The van der Waals surface area contributed by atoms with Gasteiger partial charge in [0.2, 0.25) is 0 Å². The van der Waals surface area contributed by atoms with Crippen LogP contribution < -0.4 is 10.7 Å². The number of fused-ring (bicyclic) bond motifs is 1. The van der Waals surface area contributed by atoms with E-state index < -0.39 is 40.2 Å². The number of hydrogen-bond acceptors (Lipinski definition) is 9. The van der Waals surface area contributed by atoms with Crippen LogP contribution in [0.5, 0.6) is 0 Å². The number of aliphatic hydroxyl groups is 1. The lowest BCUT2D eigenvalue weighted by Crippen LogP contribution is -2.50. The minimum Gasteiger partial charge on any atom is -0.382 e. The Kier molecular flexibility index (Phi) is 10.5. The van der Waals surface area contributed by atoms with Crippen molar-refractivity contribution in [2.75, 3.05) is 31.7 Å². The summed E-state index contributed by atoms with van der Waals surface area (Å²) in [6.45, 7) is 2.63. The van der Waals surface area contributed by atoms with Gasteiger partial charge in [-0.15, -0.1) is 11.8 Å². The molecule has 2 aliphatic heterocycles. The summed E-state index contributed by atoms with van der Waals surface area (Å²) in [6, 6.07) is 19.3. The molecule has 1 amide bonds. The van der Waals surface area contributed by atoms with Crippen molar-refractivity contribution in [3.8, 4) is 0 Å². The number of aliphatic imine (C=N–C) groups is 1. The number of benzene rings is 4. The average molecular weight is 719 g/mol. The third-order valence-electron chi connectivity index (χ3n) is 8.09. The van der Waals surface area contributed by atoms with Crippen molar-refractivity contribution in [2.24, 2.45) is 4.99 Å². The van der Waals surface area contributed by atoms with Crippen molar-refractivity contribution in [1.82, 2.24) is 10.4 Å². The number of anilines is 1. The molecule has 15 heteroatoms. The molecule has 4 aromatic rings. The Morgan fingerprint density at radius 2 is 1.73 bits per heavy atom. The molecule has 258 valence electrons. The molecule has 8 nitrogen and oxygen atoms in total. The van der Waals surface area contributed by atoms with Gasteiger partial charge < -0.3 is 25.3 Å². The van der Waals surface area contributed by atoms with Gasteiger partial charge in [0, 0.05) is 38.6 Å². The van der Waals surface area contributed by atoms with E-state index in [-0.39, 0.29) is 40.7 Å². The van der Waals surface area contributed by atoms with Crippen LogP contribution in [0.25, 0.3) is 10.8 Å². The van der Waals surface area contributed by atoms with Crippen LogP contribution in [-0.2, 0) is 15.1 Å². The highest BCUT2D eigenvalue weighted by Crippen LogP contribution is 2.40. The van der Waals surface area contributed by atoms with Crippen LogP contribution in [-0.4, -0.2) is 64.8 Å². The predicted octanol–water partition coefficient (Wildman–Crippen LogP) is 7.21. The van der Waals surface area contributed by atoms with Crippen LogP contribution in [0.15, 0.2) is 88.8 Å². The quantitative estimate of drug-likeness (QED) is 0.117. The van der Waals surface area contributed by atoms with Gasteiger partial charge in [-0.05, 0) is 71.1 Å². The smallest absolute Gasteiger partial charge is 0.382 e. The highest BCUT2D eigenvalue weighted by Gasteiger charge is 2.42. The molecule has 0 aliphatic carbocycles. The van der Waals surface area contributed by atoms with Crippen LogP contribution in [0.2, 0.25) is 0 Å². The molecular formula is C34H31F5N4O4S2. The Bertz CT molecular complexity index is 1830. The minimum absolute atomic E-state index is 0.00105. The topological polar surface area (TPSA) is 95.4 Å². The Morgan fingerprint density at radius 3 is 2.41 bits per heavy atom. The zero-order valence-corrected chi connectivity index (χ0v) is 27.5. The van der Waals surface area contributed by atoms with Gasteiger partial charge in [-0.3, -0.25) is 9.79 Å². The molecule has 1 saturated heterocycles. The number of carbonyl (C=O) groups excluding carboxylic acids is 1. The molecule has 0 spiro atoms. The summed E-state index contributed by atoms with van der Waals surface area (Å²) in [5.41, 5.74) is -1.69. The van der Waals surface area contributed by atoms with E-state index in [2.05, 4.69) is 15.7 Å². The highest BCUT2D eigenvalue weighted by atomic mass is 32.2. The summed E-state index contributed by atoms with van der Waals surface area (Å²) in [7, 11) is 0. The first-order chi connectivity index (χ1) is 23.4. The van der Waals surface area contributed by atoms with Crippen LogP contribution in [0, 0.1) is 11.6 Å². The monoisotopic (exact) mass is 718 g/mol. The molecule has 49 heavy (non-hydrogen) atoms. The number of ether oxygens (including phenoxy) is 2. The number of carbonyl (C=O) groups is 1. The Balaban J connectivity index is 1.07. The van der Waals surface area contributed by atoms with Gasteiger partial charge in [-0.1, -0.05) is 31.2 Å². The maximum atomic E-state index is 14.9. The summed E-state index contributed by atoms with van der Waals surface area (Å²) in [4.78, 5) is 17.0. The molecule has 0 aromatic heterocycles. The second-order valence-electron chi connectivity index (χ2n) is 11.6. The molecule has 2 heterocycles. The number of amides is 1. The van der Waals surface area contributed by atoms with Crippen LogP contribution in [0.4, 0.5) is 27.6 Å². The third kappa shape index (κ3) is 8.53. The van der Waals surface area contributed by atoms with Gasteiger partial charge in [0.15, 0.2) is 6.29 Å².